The lowest BCUT2D eigenvalue weighted by Gasteiger charge is -2.08. The van der Waals surface area contributed by atoms with E-state index in [1.165, 1.54) is 22.3 Å². The first-order chi connectivity index (χ1) is 13.5. The fourth-order valence-electron chi connectivity index (χ4n) is 3.11. The molecule has 0 unspecified atom stereocenters. The standard InChI is InChI=1S/C22H24BrN3OS/c1-5-8-27-20-7-6-17(11-18(20)23)12-24-26-22-25-19(13-28-22)21-15(3)9-14(2)10-16(21)4/h6-7,9-13H,5,8H2,1-4H3,(H,25,26)/b24-12-. The maximum absolute atomic E-state index is 5.67. The number of hydrogen-bond donors (Lipinski definition) is 1. The molecule has 0 saturated carbocycles. The molecule has 0 radical (unpaired) electrons. The highest BCUT2D eigenvalue weighted by Crippen LogP contribution is 2.31. The Kier molecular flexibility index (Phi) is 6.86. The predicted octanol–water partition coefficient (Wildman–Crippen LogP) is 6.73. The zero-order valence-corrected chi connectivity index (χ0v) is 18.9. The third kappa shape index (κ3) is 5.00. The molecule has 28 heavy (non-hydrogen) atoms. The number of nitrogens with one attached hydrogen (secondary N) is 1. The first kappa shape index (κ1) is 20.6. The summed E-state index contributed by atoms with van der Waals surface area (Å²) < 4.78 is 6.59. The molecule has 1 N–H and O–H groups in total. The molecular formula is C22H24BrN3OS. The van der Waals surface area contributed by atoms with Gasteiger partial charge in [0.1, 0.15) is 5.75 Å². The van der Waals surface area contributed by atoms with E-state index in [2.05, 4.69) is 71.7 Å². The first-order valence-electron chi connectivity index (χ1n) is 9.23. The molecule has 0 amide bonds. The van der Waals surface area contributed by atoms with Crippen LogP contribution in [0.2, 0.25) is 0 Å². The van der Waals surface area contributed by atoms with E-state index in [1.54, 1.807) is 17.6 Å². The van der Waals surface area contributed by atoms with Crippen LogP contribution in [0.3, 0.4) is 0 Å². The van der Waals surface area contributed by atoms with Gasteiger partial charge < -0.3 is 4.74 Å². The minimum Gasteiger partial charge on any atom is -0.492 e. The van der Waals surface area contributed by atoms with Crippen LogP contribution in [-0.4, -0.2) is 17.8 Å². The maximum atomic E-state index is 5.67. The number of rotatable bonds is 7. The molecule has 0 aliphatic carbocycles. The van der Waals surface area contributed by atoms with E-state index < -0.39 is 0 Å². The monoisotopic (exact) mass is 457 g/mol. The highest BCUT2D eigenvalue weighted by Gasteiger charge is 2.10. The maximum Gasteiger partial charge on any atom is 0.203 e. The molecule has 4 nitrogen and oxygen atoms in total. The number of anilines is 1. The number of hydrazone groups is 1. The lowest BCUT2D eigenvalue weighted by atomic mass is 9.98. The van der Waals surface area contributed by atoms with Crippen molar-refractivity contribution in [3.63, 3.8) is 0 Å². The van der Waals surface area contributed by atoms with Crippen LogP contribution in [0.15, 0.2) is 45.3 Å². The SMILES string of the molecule is CCCOc1ccc(/C=N\Nc2nc(-c3c(C)cc(C)cc3C)cs2)cc1Br. The Morgan fingerprint density at radius 3 is 2.61 bits per heavy atom. The van der Waals surface area contributed by atoms with Crippen molar-refractivity contribution in [2.45, 2.75) is 34.1 Å². The van der Waals surface area contributed by atoms with Crippen molar-refractivity contribution in [3.8, 4) is 17.0 Å². The van der Waals surface area contributed by atoms with Crippen molar-refractivity contribution < 1.29 is 4.74 Å². The molecule has 0 atom stereocenters. The van der Waals surface area contributed by atoms with Crippen LogP contribution in [-0.2, 0) is 0 Å². The van der Waals surface area contributed by atoms with Gasteiger partial charge in [-0.2, -0.15) is 5.10 Å². The van der Waals surface area contributed by atoms with E-state index in [0.717, 1.165) is 33.0 Å². The lowest BCUT2D eigenvalue weighted by Crippen LogP contribution is -1.96. The minimum absolute atomic E-state index is 0.708. The van der Waals surface area contributed by atoms with E-state index in [0.29, 0.717) is 6.61 Å². The van der Waals surface area contributed by atoms with Gasteiger partial charge in [-0.25, -0.2) is 4.98 Å². The summed E-state index contributed by atoms with van der Waals surface area (Å²) in [6.45, 7) is 9.18. The van der Waals surface area contributed by atoms with Gasteiger partial charge >= 0.3 is 0 Å². The molecule has 3 aromatic rings. The van der Waals surface area contributed by atoms with Gasteiger partial charge in [0, 0.05) is 10.9 Å². The molecule has 146 valence electrons. The van der Waals surface area contributed by atoms with Gasteiger partial charge in [0.15, 0.2) is 0 Å². The van der Waals surface area contributed by atoms with E-state index >= 15 is 0 Å². The molecule has 0 aliphatic heterocycles. The second-order valence-corrected chi connectivity index (χ2v) is 8.43. The predicted molar refractivity (Wildman–Crippen MR) is 123 cm³/mol. The summed E-state index contributed by atoms with van der Waals surface area (Å²) in [6, 6.07) is 10.3. The van der Waals surface area contributed by atoms with Crippen LogP contribution in [0.5, 0.6) is 5.75 Å². The fourth-order valence-corrected chi connectivity index (χ4v) is 4.27. The summed E-state index contributed by atoms with van der Waals surface area (Å²) in [5.41, 5.74) is 9.95. The van der Waals surface area contributed by atoms with Crippen LogP contribution in [0.1, 0.15) is 35.6 Å². The van der Waals surface area contributed by atoms with Crippen LogP contribution in [0, 0.1) is 20.8 Å². The smallest absolute Gasteiger partial charge is 0.203 e. The molecule has 0 fully saturated rings. The molecule has 6 heteroatoms. The molecule has 1 heterocycles. The summed E-state index contributed by atoms with van der Waals surface area (Å²) in [4.78, 5) is 4.69. The molecule has 0 bridgehead atoms. The second-order valence-electron chi connectivity index (χ2n) is 6.72. The molecule has 0 aliphatic rings. The molecule has 0 saturated heterocycles. The zero-order valence-electron chi connectivity index (χ0n) is 16.5. The number of nitrogens with zero attached hydrogens (tertiary/aromatic N) is 2. The van der Waals surface area contributed by atoms with Gasteiger partial charge in [-0.3, -0.25) is 5.43 Å². The van der Waals surface area contributed by atoms with Gasteiger partial charge in [0.2, 0.25) is 5.13 Å². The number of halogens is 1. The molecule has 1 aromatic heterocycles. The largest absolute Gasteiger partial charge is 0.492 e. The molecule has 2 aromatic carbocycles. The quantitative estimate of drug-likeness (QED) is 0.315. The fraction of sp³-hybridized carbons (Fsp3) is 0.273. The second kappa shape index (κ2) is 9.34. The van der Waals surface area contributed by atoms with Crippen LogP contribution in [0.25, 0.3) is 11.3 Å². The van der Waals surface area contributed by atoms with Crippen LogP contribution in [0.4, 0.5) is 5.13 Å². The summed E-state index contributed by atoms with van der Waals surface area (Å²) in [5.74, 6) is 0.848. The summed E-state index contributed by atoms with van der Waals surface area (Å²) in [5, 5.41) is 7.16. The first-order valence-corrected chi connectivity index (χ1v) is 10.9. The van der Waals surface area contributed by atoms with E-state index in [4.69, 9.17) is 9.72 Å². The highest BCUT2D eigenvalue weighted by atomic mass is 79.9. The topological polar surface area (TPSA) is 46.5 Å². The van der Waals surface area contributed by atoms with Crippen molar-refractivity contribution in [2.24, 2.45) is 5.10 Å². The van der Waals surface area contributed by atoms with Gasteiger partial charge in [0.25, 0.3) is 0 Å². The number of benzene rings is 2. The molecule has 0 spiro atoms. The van der Waals surface area contributed by atoms with E-state index in [9.17, 15) is 0 Å². The van der Waals surface area contributed by atoms with Crippen molar-refractivity contribution >= 4 is 38.6 Å². The van der Waals surface area contributed by atoms with Crippen molar-refractivity contribution in [3.05, 3.63) is 62.4 Å². The minimum atomic E-state index is 0.708. The third-order valence-electron chi connectivity index (χ3n) is 4.23. The van der Waals surface area contributed by atoms with Gasteiger partial charge in [-0.05, 0) is 78.0 Å². The lowest BCUT2D eigenvalue weighted by molar-refractivity contribution is 0.315. The van der Waals surface area contributed by atoms with Crippen LogP contribution < -0.4 is 10.2 Å². The van der Waals surface area contributed by atoms with Crippen molar-refractivity contribution in [2.75, 3.05) is 12.0 Å². The summed E-state index contributed by atoms with van der Waals surface area (Å²) in [6.07, 6.45) is 2.76. The molecular weight excluding hydrogens is 434 g/mol. The normalized spacial score (nSPS) is 11.2. The highest BCUT2D eigenvalue weighted by molar-refractivity contribution is 9.10. The van der Waals surface area contributed by atoms with Crippen molar-refractivity contribution in [1.29, 1.82) is 0 Å². The van der Waals surface area contributed by atoms with Gasteiger partial charge in [0.05, 0.1) is 23.0 Å². The van der Waals surface area contributed by atoms with Gasteiger partial charge in [-0.1, -0.05) is 24.6 Å². The summed E-state index contributed by atoms with van der Waals surface area (Å²) >= 11 is 5.10. The van der Waals surface area contributed by atoms with E-state index in [-0.39, 0.29) is 0 Å². The Hall–Kier alpha value is -2.18. The number of aryl methyl sites for hydroxylation is 3. The average molecular weight is 458 g/mol. The Labute approximate surface area is 178 Å². The zero-order chi connectivity index (χ0) is 20.1. The Balaban J connectivity index is 1.69. The van der Waals surface area contributed by atoms with E-state index in [1.807, 2.05) is 18.2 Å². The number of aromatic nitrogens is 1. The Bertz CT molecular complexity index is 974. The number of hydrogen-bond acceptors (Lipinski definition) is 5. The Morgan fingerprint density at radius 2 is 1.93 bits per heavy atom. The Morgan fingerprint density at radius 1 is 1.18 bits per heavy atom. The number of thiazole rings is 1. The van der Waals surface area contributed by atoms with Crippen LogP contribution >= 0.6 is 27.3 Å². The number of ether oxygens (including phenoxy) is 1. The average Bonchev–Trinajstić information content (AvgIpc) is 3.08. The van der Waals surface area contributed by atoms with Gasteiger partial charge in [-0.15, -0.1) is 11.3 Å². The summed E-state index contributed by atoms with van der Waals surface area (Å²) in [7, 11) is 0. The van der Waals surface area contributed by atoms with Crippen molar-refractivity contribution in [1.82, 2.24) is 4.98 Å². The third-order valence-corrected chi connectivity index (χ3v) is 5.60. The molecule has 3 rings (SSSR count).